The molecule has 1 aliphatic rings. The lowest BCUT2D eigenvalue weighted by atomic mass is 10.0. The number of ether oxygens (including phenoxy) is 2. The first-order valence-corrected chi connectivity index (χ1v) is 9.24. The van der Waals surface area contributed by atoms with Crippen LogP contribution in [0.3, 0.4) is 0 Å². The van der Waals surface area contributed by atoms with Gasteiger partial charge in [-0.25, -0.2) is 4.79 Å². The van der Waals surface area contributed by atoms with Crippen LogP contribution in [0, 0.1) is 0 Å². The van der Waals surface area contributed by atoms with Gasteiger partial charge in [0.1, 0.15) is 17.1 Å². The summed E-state index contributed by atoms with van der Waals surface area (Å²) in [6.45, 7) is 0.639. The molecule has 144 valence electrons. The molecule has 1 fully saturated rings. The van der Waals surface area contributed by atoms with Crippen LogP contribution in [0.25, 0.3) is 11.0 Å². The van der Waals surface area contributed by atoms with Crippen LogP contribution in [0.2, 0.25) is 0 Å². The zero-order valence-electron chi connectivity index (χ0n) is 15.6. The number of methoxy groups -OCH3 is 1. The number of fused-ring (bicyclic) bond motifs is 1. The van der Waals surface area contributed by atoms with Crippen LogP contribution in [-0.2, 0) is 4.79 Å². The van der Waals surface area contributed by atoms with Crippen LogP contribution in [0.15, 0.2) is 63.8 Å². The van der Waals surface area contributed by atoms with Gasteiger partial charge >= 0.3 is 5.63 Å². The fraction of sp³-hybridized carbons (Fsp3) is 0.273. The van der Waals surface area contributed by atoms with Crippen molar-refractivity contribution in [2.45, 2.75) is 18.9 Å². The summed E-state index contributed by atoms with van der Waals surface area (Å²) in [7, 11) is 1.64. The van der Waals surface area contributed by atoms with Crippen molar-refractivity contribution in [3.8, 4) is 11.5 Å². The minimum Gasteiger partial charge on any atom is -0.497 e. The molecule has 1 atom stereocenters. The fourth-order valence-corrected chi connectivity index (χ4v) is 3.62. The molecular weight excluding hydrogens is 358 g/mol. The van der Waals surface area contributed by atoms with Crippen LogP contribution in [-0.4, -0.2) is 31.1 Å². The zero-order valence-corrected chi connectivity index (χ0v) is 15.6. The molecule has 1 unspecified atom stereocenters. The Kier molecular flexibility index (Phi) is 5.02. The van der Waals surface area contributed by atoms with Crippen molar-refractivity contribution in [1.82, 2.24) is 4.90 Å². The molecule has 1 aliphatic heterocycles. The van der Waals surface area contributed by atoms with E-state index in [1.807, 2.05) is 29.2 Å². The third-order valence-corrected chi connectivity index (χ3v) is 5.01. The number of amides is 1. The van der Waals surface area contributed by atoms with Crippen molar-refractivity contribution in [3.05, 3.63) is 70.6 Å². The first kappa shape index (κ1) is 18.1. The lowest BCUT2D eigenvalue weighted by Gasteiger charge is -2.25. The van der Waals surface area contributed by atoms with E-state index in [-0.39, 0.29) is 18.6 Å². The summed E-state index contributed by atoms with van der Waals surface area (Å²) < 4.78 is 16.1. The van der Waals surface area contributed by atoms with Crippen LogP contribution >= 0.6 is 0 Å². The van der Waals surface area contributed by atoms with Crippen molar-refractivity contribution < 1.29 is 18.7 Å². The van der Waals surface area contributed by atoms with Crippen molar-refractivity contribution in [3.63, 3.8) is 0 Å². The van der Waals surface area contributed by atoms with Crippen molar-refractivity contribution in [1.29, 1.82) is 0 Å². The molecule has 3 aromatic rings. The topological polar surface area (TPSA) is 69.0 Å². The lowest BCUT2D eigenvalue weighted by Crippen LogP contribution is -2.34. The van der Waals surface area contributed by atoms with Crippen molar-refractivity contribution in [2.75, 3.05) is 20.3 Å². The number of nitrogens with zero attached hydrogens (tertiary/aromatic N) is 1. The predicted octanol–water partition coefficient (Wildman–Crippen LogP) is 3.54. The van der Waals surface area contributed by atoms with Gasteiger partial charge in [-0.15, -0.1) is 0 Å². The SMILES string of the molecule is COc1cccc(C2CCCN2C(=O)COc2ccc3ccc(=O)oc3c2)c1. The average molecular weight is 379 g/mol. The Labute approximate surface area is 162 Å². The summed E-state index contributed by atoms with van der Waals surface area (Å²) in [6, 6.07) is 16.1. The molecule has 1 amide bonds. The van der Waals surface area contributed by atoms with Crippen molar-refractivity contribution >= 4 is 16.9 Å². The van der Waals surface area contributed by atoms with Crippen LogP contribution in [0.5, 0.6) is 11.5 Å². The molecule has 2 aromatic carbocycles. The molecule has 0 saturated carbocycles. The Morgan fingerprint density at radius 1 is 1.14 bits per heavy atom. The van der Waals surface area contributed by atoms with Crippen LogP contribution in [0.4, 0.5) is 0 Å². The molecule has 0 radical (unpaired) electrons. The summed E-state index contributed by atoms with van der Waals surface area (Å²) in [4.78, 5) is 26.0. The number of carbonyl (C=O) groups is 1. The standard InChI is InChI=1S/C22H21NO5/c1-26-17-5-2-4-16(12-17)19-6-3-11-23(19)21(24)14-27-18-9-7-15-8-10-22(25)28-20(15)13-18/h2,4-5,7-10,12-13,19H,3,6,11,14H2,1H3. The second-order valence-electron chi connectivity index (χ2n) is 6.76. The molecule has 2 heterocycles. The molecule has 0 spiro atoms. The second kappa shape index (κ2) is 7.76. The third kappa shape index (κ3) is 3.71. The van der Waals surface area contributed by atoms with Gasteiger partial charge < -0.3 is 18.8 Å². The first-order chi connectivity index (χ1) is 13.6. The van der Waals surface area contributed by atoms with Gasteiger partial charge in [-0.3, -0.25) is 4.79 Å². The maximum absolute atomic E-state index is 12.8. The Hall–Kier alpha value is -3.28. The Bertz CT molecular complexity index is 1060. The summed E-state index contributed by atoms with van der Waals surface area (Å²) in [6.07, 6.45) is 1.87. The molecule has 0 N–H and O–H groups in total. The number of hydrogen-bond donors (Lipinski definition) is 0. The minimum atomic E-state index is -0.418. The van der Waals surface area contributed by atoms with E-state index in [0.29, 0.717) is 17.9 Å². The highest BCUT2D eigenvalue weighted by Crippen LogP contribution is 2.33. The van der Waals surface area contributed by atoms with E-state index in [4.69, 9.17) is 13.9 Å². The maximum atomic E-state index is 12.8. The highest BCUT2D eigenvalue weighted by atomic mass is 16.5. The van der Waals surface area contributed by atoms with Gasteiger partial charge in [-0.1, -0.05) is 12.1 Å². The Morgan fingerprint density at radius 3 is 2.86 bits per heavy atom. The summed E-state index contributed by atoms with van der Waals surface area (Å²) in [5.74, 6) is 1.21. The quantitative estimate of drug-likeness (QED) is 0.634. The zero-order chi connectivity index (χ0) is 19.5. The molecule has 6 nitrogen and oxygen atoms in total. The third-order valence-electron chi connectivity index (χ3n) is 5.01. The van der Waals surface area contributed by atoms with Crippen LogP contribution in [0.1, 0.15) is 24.4 Å². The van der Waals surface area contributed by atoms with E-state index < -0.39 is 5.63 Å². The highest BCUT2D eigenvalue weighted by Gasteiger charge is 2.30. The van der Waals surface area contributed by atoms with E-state index in [2.05, 4.69) is 0 Å². The molecule has 0 bridgehead atoms. The van der Waals surface area contributed by atoms with Crippen LogP contribution < -0.4 is 15.1 Å². The highest BCUT2D eigenvalue weighted by molar-refractivity contribution is 5.80. The largest absolute Gasteiger partial charge is 0.497 e. The summed E-state index contributed by atoms with van der Waals surface area (Å²) in [5, 5.41) is 0.802. The van der Waals surface area contributed by atoms with Crippen molar-refractivity contribution in [2.24, 2.45) is 0 Å². The summed E-state index contributed by atoms with van der Waals surface area (Å²) >= 11 is 0. The van der Waals surface area contributed by atoms with Gasteiger partial charge in [0.15, 0.2) is 6.61 Å². The maximum Gasteiger partial charge on any atom is 0.336 e. The fourth-order valence-electron chi connectivity index (χ4n) is 3.62. The second-order valence-corrected chi connectivity index (χ2v) is 6.76. The van der Waals surface area contributed by atoms with E-state index in [0.717, 1.165) is 29.5 Å². The molecule has 28 heavy (non-hydrogen) atoms. The Balaban J connectivity index is 1.46. The molecule has 6 heteroatoms. The lowest BCUT2D eigenvalue weighted by molar-refractivity contribution is -0.134. The minimum absolute atomic E-state index is 0.0285. The summed E-state index contributed by atoms with van der Waals surface area (Å²) in [5.41, 5.74) is 1.09. The van der Waals surface area contributed by atoms with Gasteiger partial charge in [-0.2, -0.15) is 0 Å². The number of rotatable bonds is 5. The average Bonchev–Trinajstić information content (AvgIpc) is 3.21. The molecule has 1 saturated heterocycles. The Morgan fingerprint density at radius 2 is 2.00 bits per heavy atom. The molecule has 0 aliphatic carbocycles. The van der Waals surface area contributed by atoms with Gasteiger partial charge in [0.2, 0.25) is 0 Å². The number of benzene rings is 2. The monoisotopic (exact) mass is 379 g/mol. The van der Waals surface area contributed by atoms with E-state index in [9.17, 15) is 9.59 Å². The molecule has 1 aromatic heterocycles. The van der Waals surface area contributed by atoms with Gasteiger partial charge in [0.25, 0.3) is 5.91 Å². The van der Waals surface area contributed by atoms with E-state index in [1.54, 1.807) is 31.4 Å². The molecular formula is C22H21NO5. The number of likely N-dealkylation sites (tertiary alicyclic amines) is 1. The van der Waals surface area contributed by atoms with Gasteiger partial charge in [-0.05, 0) is 48.7 Å². The van der Waals surface area contributed by atoms with Gasteiger partial charge in [0, 0.05) is 24.1 Å². The predicted molar refractivity (Wildman–Crippen MR) is 105 cm³/mol. The van der Waals surface area contributed by atoms with Gasteiger partial charge in [0.05, 0.1) is 13.2 Å². The normalized spacial score (nSPS) is 16.3. The number of hydrogen-bond acceptors (Lipinski definition) is 5. The van der Waals surface area contributed by atoms with E-state index in [1.165, 1.54) is 6.07 Å². The number of carbonyl (C=O) groups excluding carboxylic acids is 1. The molecule has 4 rings (SSSR count). The first-order valence-electron chi connectivity index (χ1n) is 9.24. The smallest absolute Gasteiger partial charge is 0.336 e. The van der Waals surface area contributed by atoms with E-state index >= 15 is 0 Å².